The number of nitrogens with two attached hydrogens (primary N) is 1. The van der Waals surface area contributed by atoms with E-state index in [1.54, 1.807) is 0 Å². The number of ether oxygens (including phenoxy) is 1. The number of hydrogen-bond acceptors (Lipinski definition) is 3. The number of nitrogens with zero attached hydrogens (tertiary/aromatic N) is 1. The zero-order valence-corrected chi connectivity index (χ0v) is 10.3. The molecule has 0 unspecified atom stereocenters. The first-order valence-electron chi connectivity index (χ1n) is 5.79. The minimum atomic E-state index is 0.560. The number of rotatable bonds is 7. The van der Waals surface area contributed by atoms with E-state index in [1.165, 1.54) is 12.0 Å². The Morgan fingerprint density at radius 1 is 1.31 bits per heavy atom. The van der Waals surface area contributed by atoms with Gasteiger partial charge in [-0.25, -0.2) is 0 Å². The summed E-state index contributed by atoms with van der Waals surface area (Å²) in [6.07, 6.45) is 2.27. The van der Waals surface area contributed by atoms with E-state index in [9.17, 15) is 0 Å². The first kappa shape index (κ1) is 13.0. The van der Waals surface area contributed by atoms with E-state index in [2.05, 4.69) is 31.1 Å². The third-order valence-electron chi connectivity index (χ3n) is 2.36. The van der Waals surface area contributed by atoms with Crippen LogP contribution in [0.2, 0.25) is 0 Å². The van der Waals surface area contributed by atoms with Crippen LogP contribution in [0.1, 0.15) is 12.0 Å². The van der Waals surface area contributed by atoms with Gasteiger partial charge >= 0.3 is 0 Å². The summed E-state index contributed by atoms with van der Waals surface area (Å²) in [7, 11) is 4.20. The smallest absolute Gasteiger partial charge is 0.119 e. The number of aryl methyl sites for hydroxylation is 1. The van der Waals surface area contributed by atoms with Crippen molar-refractivity contribution in [2.75, 3.05) is 33.8 Å². The van der Waals surface area contributed by atoms with Crippen molar-refractivity contribution in [3.8, 4) is 5.75 Å². The molecule has 0 fully saturated rings. The van der Waals surface area contributed by atoms with E-state index in [4.69, 9.17) is 10.5 Å². The monoisotopic (exact) mass is 222 g/mol. The predicted octanol–water partition coefficient (Wildman–Crippen LogP) is 1.52. The third-order valence-corrected chi connectivity index (χ3v) is 2.36. The van der Waals surface area contributed by atoms with Gasteiger partial charge in [-0.3, -0.25) is 0 Å². The molecule has 0 saturated heterocycles. The van der Waals surface area contributed by atoms with Gasteiger partial charge in [-0.2, -0.15) is 0 Å². The van der Waals surface area contributed by atoms with Crippen molar-refractivity contribution in [2.24, 2.45) is 5.73 Å². The van der Waals surface area contributed by atoms with Gasteiger partial charge in [0.2, 0.25) is 0 Å². The Bertz CT molecular complexity index is 300. The normalized spacial score (nSPS) is 10.8. The molecule has 16 heavy (non-hydrogen) atoms. The topological polar surface area (TPSA) is 38.5 Å². The second-order valence-electron chi connectivity index (χ2n) is 4.19. The lowest BCUT2D eigenvalue weighted by molar-refractivity contribution is 0.328. The zero-order chi connectivity index (χ0) is 11.8. The van der Waals surface area contributed by atoms with Gasteiger partial charge in [0.25, 0.3) is 0 Å². The van der Waals surface area contributed by atoms with Crippen LogP contribution in [0.25, 0.3) is 0 Å². The molecule has 1 aromatic carbocycles. The summed E-state index contributed by atoms with van der Waals surface area (Å²) in [5.74, 6) is 0.924. The Morgan fingerprint density at radius 3 is 2.81 bits per heavy atom. The molecule has 2 N–H and O–H groups in total. The van der Waals surface area contributed by atoms with Crippen LogP contribution >= 0.6 is 0 Å². The van der Waals surface area contributed by atoms with Crippen molar-refractivity contribution in [3.63, 3.8) is 0 Å². The summed E-state index contributed by atoms with van der Waals surface area (Å²) in [6, 6.07) is 8.26. The summed E-state index contributed by atoms with van der Waals surface area (Å²) in [6.45, 7) is 2.26. The Balaban J connectivity index is 2.40. The van der Waals surface area contributed by atoms with E-state index in [-0.39, 0.29) is 0 Å². The highest BCUT2D eigenvalue weighted by Gasteiger charge is 1.97. The minimum absolute atomic E-state index is 0.560. The van der Waals surface area contributed by atoms with Gasteiger partial charge < -0.3 is 15.4 Å². The van der Waals surface area contributed by atoms with Crippen LogP contribution in [0.15, 0.2) is 24.3 Å². The number of hydrogen-bond donors (Lipinski definition) is 1. The lowest BCUT2D eigenvalue weighted by Gasteiger charge is -2.10. The molecule has 0 saturated carbocycles. The molecule has 0 amide bonds. The molecular weight excluding hydrogens is 200 g/mol. The summed E-state index contributed by atoms with van der Waals surface area (Å²) in [5, 5.41) is 0. The lowest BCUT2D eigenvalue weighted by atomic mass is 10.1. The highest BCUT2D eigenvalue weighted by molar-refractivity contribution is 5.28. The number of benzene rings is 1. The van der Waals surface area contributed by atoms with Gasteiger partial charge in [-0.05, 0) is 51.2 Å². The molecule has 0 heterocycles. The molecule has 0 aliphatic rings. The Labute approximate surface area is 98.2 Å². The zero-order valence-electron chi connectivity index (χ0n) is 10.3. The van der Waals surface area contributed by atoms with Crippen LogP contribution in [0.3, 0.4) is 0 Å². The molecular formula is C13H22N2O. The Hall–Kier alpha value is -1.06. The predicted molar refractivity (Wildman–Crippen MR) is 67.9 cm³/mol. The Kier molecular flexibility index (Phi) is 5.90. The van der Waals surface area contributed by atoms with Gasteiger partial charge in [0.1, 0.15) is 12.4 Å². The molecule has 1 aromatic rings. The standard InChI is InChI=1S/C13H22N2O/c1-15(2)9-4-6-12-5-3-7-13(11-12)16-10-8-14/h3,5,7,11H,4,6,8-10,14H2,1-2H3. The Morgan fingerprint density at radius 2 is 2.12 bits per heavy atom. The summed E-state index contributed by atoms with van der Waals surface area (Å²) in [5.41, 5.74) is 6.73. The van der Waals surface area contributed by atoms with Gasteiger partial charge in [-0.15, -0.1) is 0 Å². The molecule has 0 aromatic heterocycles. The van der Waals surface area contributed by atoms with Crippen LogP contribution in [-0.4, -0.2) is 38.7 Å². The van der Waals surface area contributed by atoms with Crippen molar-refractivity contribution >= 4 is 0 Å². The second kappa shape index (κ2) is 7.25. The largest absolute Gasteiger partial charge is 0.492 e. The first-order valence-corrected chi connectivity index (χ1v) is 5.79. The van der Waals surface area contributed by atoms with E-state index in [1.807, 2.05) is 12.1 Å². The van der Waals surface area contributed by atoms with Crippen molar-refractivity contribution in [3.05, 3.63) is 29.8 Å². The van der Waals surface area contributed by atoms with Gasteiger partial charge in [0, 0.05) is 6.54 Å². The molecule has 90 valence electrons. The van der Waals surface area contributed by atoms with Crippen LogP contribution < -0.4 is 10.5 Å². The fourth-order valence-electron chi connectivity index (χ4n) is 1.57. The molecule has 0 spiro atoms. The third kappa shape index (κ3) is 5.14. The van der Waals surface area contributed by atoms with Crippen molar-refractivity contribution < 1.29 is 4.74 Å². The van der Waals surface area contributed by atoms with E-state index < -0.39 is 0 Å². The van der Waals surface area contributed by atoms with Crippen molar-refractivity contribution in [1.29, 1.82) is 0 Å². The first-order chi connectivity index (χ1) is 7.72. The van der Waals surface area contributed by atoms with Crippen LogP contribution in [-0.2, 0) is 6.42 Å². The summed E-state index contributed by atoms with van der Waals surface area (Å²) >= 11 is 0. The van der Waals surface area contributed by atoms with Gasteiger partial charge in [-0.1, -0.05) is 12.1 Å². The lowest BCUT2D eigenvalue weighted by Crippen LogP contribution is -2.13. The molecule has 1 rings (SSSR count). The molecule has 0 aliphatic heterocycles. The fourth-order valence-corrected chi connectivity index (χ4v) is 1.57. The van der Waals surface area contributed by atoms with E-state index >= 15 is 0 Å². The molecule has 0 aliphatic carbocycles. The van der Waals surface area contributed by atoms with E-state index in [0.29, 0.717) is 13.2 Å². The van der Waals surface area contributed by atoms with E-state index in [0.717, 1.165) is 18.7 Å². The van der Waals surface area contributed by atoms with Crippen molar-refractivity contribution in [1.82, 2.24) is 4.90 Å². The van der Waals surface area contributed by atoms with Crippen LogP contribution in [0, 0.1) is 0 Å². The van der Waals surface area contributed by atoms with Gasteiger partial charge in [0.05, 0.1) is 0 Å². The molecule has 0 bridgehead atoms. The second-order valence-corrected chi connectivity index (χ2v) is 4.19. The highest BCUT2D eigenvalue weighted by Crippen LogP contribution is 2.14. The maximum atomic E-state index is 5.49. The quantitative estimate of drug-likeness (QED) is 0.760. The fraction of sp³-hybridized carbons (Fsp3) is 0.538. The maximum absolute atomic E-state index is 5.49. The minimum Gasteiger partial charge on any atom is -0.492 e. The maximum Gasteiger partial charge on any atom is 0.119 e. The molecule has 0 atom stereocenters. The highest BCUT2D eigenvalue weighted by atomic mass is 16.5. The van der Waals surface area contributed by atoms with Crippen molar-refractivity contribution in [2.45, 2.75) is 12.8 Å². The van der Waals surface area contributed by atoms with Crippen LogP contribution in [0.4, 0.5) is 0 Å². The van der Waals surface area contributed by atoms with Crippen LogP contribution in [0.5, 0.6) is 5.75 Å². The molecule has 0 radical (unpaired) electrons. The molecule has 3 heteroatoms. The SMILES string of the molecule is CN(C)CCCc1cccc(OCCN)c1. The van der Waals surface area contributed by atoms with Gasteiger partial charge in [0.15, 0.2) is 0 Å². The summed E-state index contributed by atoms with van der Waals surface area (Å²) < 4.78 is 5.49. The average Bonchev–Trinajstić information content (AvgIpc) is 2.26. The molecule has 3 nitrogen and oxygen atoms in total. The summed E-state index contributed by atoms with van der Waals surface area (Å²) in [4.78, 5) is 2.20. The average molecular weight is 222 g/mol.